The maximum absolute atomic E-state index is 12.1. The number of carbonyl (C=O) groups excluding carboxylic acids is 2. The Balaban J connectivity index is 1.62. The minimum Gasteiger partial charge on any atom is -0.496 e. The fraction of sp³-hybridized carbons (Fsp3) is 0.619. The van der Waals surface area contributed by atoms with Gasteiger partial charge in [-0.2, -0.15) is 0 Å². The van der Waals surface area contributed by atoms with Crippen molar-refractivity contribution < 1.29 is 19.1 Å². The topological polar surface area (TPSA) is 71.1 Å². The maximum Gasteiger partial charge on any atom is 0.410 e. The first-order chi connectivity index (χ1) is 13.7. The normalized spacial score (nSPS) is 15.1. The average Bonchev–Trinajstić information content (AvgIpc) is 2.65. The van der Waals surface area contributed by atoms with Crippen LogP contribution in [0.4, 0.5) is 4.79 Å². The third-order valence-corrected chi connectivity index (χ3v) is 5.25. The number of rotatable bonds is 7. The SMILES string of the molecule is COc1ccc(CCC(=O)NCCN2CCN(C(=O)OC(C)(C)C)CC2)cc1Br. The summed E-state index contributed by atoms with van der Waals surface area (Å²) in [6.45, 7) is 9.87. The Morgan fingerprint density at radius 3 is 2.45 bits per heavy atom. The second-order valence-corrected chi connectivity index (χ2v) is 8.98. The van der Waals surface area contributed by atoms with Gasteiger partial charge in [-0.3, -0.25) is 9.69 Å². The number of aryl methyl sites for hydroxylation is 1. The summed E-state index contributed by atoms with van der Waals surface area (Å²) in [4.78, 5) is 28.2. The fourth-order valence-electron chi connectivity index (χ4n) is 3.05. The largest absolute Gasteiger partial charge is 0.496 e. The van der Waals surface area contributed by atoms with Gasteiger partial charge < -0.3 is 19.7 Å². The molecule has 2 rings (SSSR count). The fourth-order valence-corrected chi connectivity index (χ4v) is 3.63. The van der Waals surface area contributed by atoms with Gasteiger partial charge in [-0.25, -0.2) is 4.79 Å². The Labute approximate surface area is 181 Å². The van der Waals surface area contributed by atoms with E-state index in [9.17, 15) is 9.59 Å². The summed E-state index contributed by atoms with van der Waals surface area (Å²) in [5.41, 5.74) is 0.617. The zero-order valence-electron chi connectivity index (χ0n) is 17.8. The third kappa shape index (κ3) is 8.22. The van der Waals surface area contributed by atoms with Crippen LogP contribution in [0.5, 0.6) is 5.75 Å². The number of hydrogen-bond donors (Lipinski definition) is 1. The van der Waals surface area contributed by atoms with Crippen LogP contribution < -0.4 is 10.1 Å². The monoisotopic (exact) mass is 469 g/mol. The average molecular weight is 470 g/mol. The van der Waals surface area contributed by atoms with E-state index >= 15 is 0 Å². The predicted molar refractivity (Wildman–Crippen MR) is 116 cm³/mol. The number of nitrogens with zero attached hydrogens (tertiary/aromatic N) is 2. The summed E-state index contributed by atoms with van der Waals surface area (Å²) in [5, 5.41) is 2.98. The van der Waals surface area contributed by atoms with Crippen molar-refractivity contribution in [2.75, 3.05) is 46.4 Å². The Morgan fingerprint density at radius 2 is 1.86 bits per heavy atom. The Hall–Kier alpha value is -1.80. The number of piperazine rings is 1. The van der Waals surface area contributed by atoms with Gasteiger partial charge >= 0.3 is 6.09 Å². The van der Waals surface area contributed by atoms with Crippen molar-refractivity contribution in [1.82, 2.24) is 15.1 Å². The number of nitrogens with one attached hydrogen (secondary N) is 1. The zero-order chi connectivity index (χ0) is 21.4. The highest BCUT2D eigenvalue weighted by molar-refractivity contribution is 9.10. The predicted octanol–water partition coefficient (Wildman–Crippen LogP) is 3.06. The number of ether oxygens (including phenoxy) is 2. The van der Waals surface area contributed by atoms with Crippen molar-refractivity contribution in [3.63, 3.8) is 0 Å². The van der Waals surface area contributed by atoms with Gasteiger partial charge in [0.1, 0.15) is 11.4 Å². The molecule has 7 nitrogen and oxygen atoms in total. The summed E-state index contributed by atoms with van der Waals surface area (Å²) < 4.78 is 11.5. The molecule has 0 bridgehead atoms. The second kappa shape index (κ2) is 10.8. The molecule has 29 heavy (non-hydrogen) atoms. The van der Waals surface area contributed by atoms with Crippen LogP contribution in [-0.4, -0.2) is 73.8 Å². The number of benzene rings is 1. The van der Waals surface area contributed by atoms with Gasteiger partial charge in [0.25, 0.3) is 0 Å². The van der Waals surface area contributed by atoms with Crippen LogP contribution >= 0.6 is 15.9 Å². The van der Waals surface area contributed by atoms with E-state index in [0.717, 1.165) is 35.4 Å². The van der Waals surface area contributed by atoms with Gasteiger partial charge in [-0.05, 0) is 60.8 Å². The molecule has 1 N–H and O–H groups in total. The molecular weight excluding hydrogens is 438 g/mol. The highest BCUT2D eigenvalue weighted by Gasteiger charge is 2.25. The van der Waals surface area contributed by atoms with Crippen LogP contribution in [0.2, 0.25) is 0 Å². The van der Waals surface area contributed by atoms with E-state index in [0.29, 0.717) is 32.5 Å². The van der Waals surface area contributed by atoms with Gasteiger partial charge in [0.2, 0.25) is 5.91 Å². The molecule has 1 saturated heterocycles. The van der Waals surface area contributed by atoms with E-state index in [-0.39, 0.29) is 12.0 Å². The minimum absolute atomic E-state index is 0.0457. The van der Waals surface area contributed by atoms with Crippen LogP contribution in [0, 0.1) is 0 Å². The molecule has 8 heteroatoms. The molecular formula is C21H32BrN3O4. The number of hydrogen-bond acceptors (Lipinski definition) is 5. The molecule has 162 valence electrons. The van der Waals surface area contributed by atoms with Crippen molar-refractivity contribution in [2.45, 2.75) is 39.2 Å². The van der Waals surface area contributed by atoms with Crippen LogP contribution in [0.3, 0.4) is 0 Å². The van der Waals surface area contributed by atoms with Gasteiger partial charge in [-0.1, -0.05) is 6.07 Å². The Morgan fingerprint density at radius 1 is 1.17 bits per heavy atom. The van der Waals surface area contributed by atoms with E-state index < -0.39 is 5.60 Å². The van der Waals surface area contributed by atoms with Crippen LogP contribution in [-0.2, 0) is 16.0 Å². The smallest absolute Gasteiger partial charge is 0.410 e. The quantitative estimate of drug-likeness (QED) is 0.664. The molecule has 0 spiro atoms. The van der Waals surface area contributed by atoms with Gasteiger partial charge in [0.05, 0.1) is 11.6 Å². The van der Waals surface area contributed by atoms with E-state index in [1.165, 1.54) is 0 Å². The number of methoxy groups -OCH3 is 1. The van der Waals surface area contributed by atoms with Crippen LogP contribution in [0.25, 0.3) is 0 Å². The molecule has 1 aliphatic rings. The van der Waals surface area contributed by atoms with E-state index in [4.69, 9.17) is 9.47 Å². The number of carbonyl (C=O) groups is 2. The van der Waals surface area contributed by atoms with Crippen LogP contribution in [0.15, 0.2) is 22.7 Å². The molecule has 0 atom stereocenters. The molecule has 1 aromatic rings. The van der Waals surface area contributed by atoms with Crippen molar-refractivity contribution in [2.24, 2.45) is 0 Å². The molecule has 0 aliphatic carbocycles. The van der Waals surface area contributed by atoms with E-state index in [2.05, 4.69) is 26.1 Å². The standard InChI is InChI=1S/C21H32BrN3O4/c1-21(2,3)29-20(27)25-13-11-24(12-14-25)10-9-23-19(26)8-6-16-5-7-18(28-4)17(22)15-16/h5,7,15H,6,8-14H2,1-4H3,(H,23,26). The molecule has 0 unspecified atom stereocenters. The Kier molecular flexibility index (Phi) is 8.77. The van der Waals surface area contributed by atoms with Crippen molar-refractivity contribution in [3.8, 4) is 5.75 Å². The third-order valence-electron chi connectivity index (χ3n) is 4.63. The molecule has 0 radical (unpaired) electrons. The first kappa shape index (κ1) is 23.5. The van der Waals surface area contributed by atoms with E-state index in [1.807, 2.05) is 39.0 Å². The van der Waals surface area contributed by atoms with E-state index in [1.54, 1.807) is 12.0 Å². The highest BCUT2D eigenvalue weighted by atomic mass is 79.9. The molecule has 1 aliphatic heterocycles. The van der Waals surface area contributed by atoms with Crippen molar-refractivity contribution >= 4 is 27.9 Å². The first-order valence-electron chi connectivity index (χ1n) is 9.97. The molecule has 0 saturated carbocycles. The van der Waals surface area contributed by atoms with Gasteiger partial charge in [0, 0.05) is 45.7 Å². The van der Waals surface area contributed by atoms with Crippen molar-refractivity contribution in [1.29, 1.82) is 0 Å². The highest BCUT2D eigenvalue weighted by Crippen LogP contribution is 2.25. The molecule has 1 fully saturated rings. The molecule has 2 amide bonds. The summed E-state index contributed by atoms with van der Waals surface area (Å²) >= 11 is 3.46. The van der Waals surface area contributed by atoms with Gasteiger partial charge in [-0.15, -0.1) is 0 Å². The zero-order valence-corrected chi connectivity index (χ0v) is 19.4. The first-order valence-corrected chi connectivity index (χ1v) is 10.8. The summed E-state index contributed by atoms with van der Waals surface area (Å²) in [6, 6.07) is 5.85. The summed E-state index contributed by atoms with van der Waals surface area (Å²) in [6.07, 6.45) is 0.879. The number of halogens is 1. The molecule has 0 aromatic heterocycles. The number of amides is 2. The van der Waals surface area contributed by atoms with Crippen molar-refractivity contribution in [3.05, 3.63) is 28.2 Å². The van der Waals surface area contributed by atoms with Crippen LogP contribution in [0.1, 0.15) is 32.8 Å². The van der Waals surface area contributed by atoms with Gasteiger partial charge in [0.15, 0.2) is 0 Å². The molecule has 1 heterocycles. The lowest BCUT2D eigenvalue weighted by Gasteiger charge is -2.35. The second-order valence-electron chi connectivity index (χ2n) is 8.13. The summed E-state index contributed by atoms with van der Waals surface area (Å²) in [5.74, 6) is 0.828. The molecule has 1 aromatic carbocycles. The lowest BCUT2D eigenvalue weighted by molar-refractivity contribution is -0.121. The lowest BCUT2D eigenvalue weighted by atomic mass is 10.1. The minimum atomic E-state index is -0.472. The maximum atomic E-state index is 12.1. The lowest BCUT2D eigenvalue weighted by Crippen LogP contribution is -2.51. The Bertz CT molecular complexity index is 698. The summed E-state index contributed by atoms with van der Waals surface area (Å²) in [7, 11) is 1.63.